The van der Waals surface area contributed by atoms with Crippen molar-refractivity contribution in [3.8, 4) is 11.5 Å². The second-order valence-corrected chi connectivity index (χ2v) is 5.07. The van der Waals surface area contributed by atoms with E-state index in [4.69, 9.17) is 9.47 Å². The predicted molar refractivity (Wildman–Crippen MR) is 90.0 cm³/mol. The first-order valence-electron chi connectivity index (χ1n) is 7.25. The number of methoxy groups -OCH3 is 1. The minimum atomic E-state index is -0.306. The van der Waals surface area contributed by atoms with Gasteiger partial charge >= 0.3 is 0 Å². The molecule has 0 aliphatic rings. The van der Waals surface area contributed by atoms with Crippen LogP contribution >= 0.6 is 0 Å². The summed E-state index contributed by atoms with van der Waals surface area (Å²) < 4.78 is 10.5. The normalized spacial score (nSPS) is 11.0. The van der Waals surface area contributed by atoms with Crippen LogP contribution in [0.4, 0.5) is 0 Å². The fourth-order valence-electron chi connectivity index (χ4n) is 1.93. The molecule has 0 heterocycles. The van der Waals surface area contributed by atoms with Gasteiger partial charge in [0.15, 0.2) is 6.61 Å². The first-order chi connectivity index (χ1) is 11.1. The number of carbonyl (C=O) groups excluding carboxylic acids is 1. The number of hydrazone groups is 1. The Kier molecular flexibility index (Phi) is 5.74. The van der Waals surface area contributed by atoms with Crippen LogP contribution in [0.3, 0.4) is 0 Å². The van der Waals surface area contributed by atoms with Crippen molar-refractivity contribution in [2.75, 3.05) is 13.7 Å². The molecule has 0 aliphatic heterocycles. The maximum absolute atomic E-state index is 11.8. The zero-order chi connectivity index (χ0) is 16.7. The van der Waals surface area contributed by atoms with Gasteiger partial charge in [-0.1, -0.05) is 12.1 Å². The molecule has 2 aromatic carbocycles. The molecule has 5 heteroatoms. The van der Waals surface area contributed by atoms with Gasteiger partial charge in [-0.15, -0.1) is 0 Å². The predicted octanol–water partition coefficient (Wildman–Crippen LogP) is 2.92. The summed E-state index contributed by atoms with van der Waals surface area (Å²) >= 11 is 0. The van der Waals surface area contributed by atoms with Crippen LogP contribution in [-0.2, 0) is 4.79 Å². The van der Waals surface area contributed by atoms with Gasteiger partial charge in [-0.2, -0.15) is 5.10 Å². The van der Waals surface area contributed by atoms with Crippen molar-refractivity contribution in [2.45, 2.75) is 13.8 Å². The molecule has 120 valence electrons. The molecule has 0 aromatic heterocycles. The minimum absolute atomic E-state index is 0.0805. The van der Waals surface area contributed by atoms with Crippen LogP contribution in [0.2, 0.25) is 0 Å². The minimum Gasteiger partial charge on any atom is -0.497 e. The summed E-state index contributed by atoms with van der Waals surface area (Å²) in [6.07, 6.45) is 0. The average Bonchev–Trinajstić information content (AvgIpc) is 2.58. The third-order valence-corrected chi connectivity index (χ3v) is 3.22. The summed E-state index contributed by atoms with van der Waals surface area (Å²) in [7, 11) is 1.62. The van der Waals surface area contributed by atoms with E-state index in [0.29, 0.717) is 11.5 Å². The molecule has 2 rings (SSSR count). The molecule has 0 unspecified atom stereocenters. The van der Waals surface area contributed by atoms with E-state index in [1.807, 2.05) is 62.4 Å². The van der Waals surface area contributed by atoms with Crippen molar-refractivity contribution in [3.05, 3.63) is 59.7 Å². The smallest absolute Gasteiger partial charge is 0.277 e. The van der Waals surface area contributed by atoms with Crippen LogP contribution in [0.5, 0.6) is 11.5 Å². The third-order valence-electron chi connectivity index (χ3n) is 3.22. The van der Waals surface area contributed by atoms with Gasteiger partial charge in [0.25, 0.3) is 5.91 Å². The molecule has 0 fully saturated rings. The lowest BCUT2D eigenvalue weighted by Crippen LogP contribution is -2.25. The SMILES string of the molecule is COc1ccc(/C(C)=N/NC(=O)COc2cccc(C)c2)cc1. The van der Waals surface area contributed by atoms with Gasteiger partial charge in [0, 0.05) is 0 Å². The number of amides is 1. The van der Waals surface area contributed by atoms with E-state index in [-0.39, 0.29) is 12.5 Å². The van der Waals surface area contributed by atoms with Crippen molar-refractivity contribution in [1.29, 1.82) is 0 Å². The summed E-state index contributed by atoms with van der Waals surface area (Å²) in [4.78, 5) is 11.8. The summed E-state index contributed by atoms with van der Waals surface area (Å²) in [5, 5.41) is 4.08. The first kappa shape index (κ1) is 16.5. The highest BCUT2D eigenvalue weighted by atomic mass is 16.5. The zero-order valence-corrected chi connectivity index (χ0v) is 13.5. The molecule has 0 spiro atoms. The van der Waals surface area contributed by atoms with Crippen LogP contribution in [0, 0.1) is 6.92 Å². The third kappa shape index (κ3) is 5.14. The van der Waals surface area contributed by atoms with E-state index in [9.17, 15) is 4.79 Å². The standard InChI is InChI=1S/C18H20N2O3/c1-13-5-4-6-17(11-13)23-12-18(21)20-19-14(2)15-7-9-16(22-3)10-8-15/h4-11H,12H2,1-3H3,(H,20,21)/b19-14+. The molecule has 0 radical (unpaired) electrons. The fourth-order valence-corrected chi connectivity index (χ4v) is 1.93. The van der Waals surface area contributed by atoms with E-state index < -0.39 is 0 Å². The Labute approximate surface area is 135 Å². The van der Waals surface area contributed by atoms with Gasteiger partial charge in [-0.25, -0.2) is 5.43 Å². The molecule has 2 aromatic rings. The quantitative estimate of drug-likeness (QED) is 0.659. The number of aryl methyl sites for hydroxylation is 1. The Morgan fingerprint density at radius 1 is 1.13 bits per heavy atom. The van der Waals surface area contributed by atoms with Crippen molar-refractivity contribution in [1.82, 2.24) is 5.43 Å². The van der Waals surface area contributed by atoms with Crippen LogP contribution in [0.15, 0.2) is 53.6 Å². The highest BCUT2D eigenvalue weighted by Gasteiger charge is 2.03. The van der Waals surface area contributed by atoms with E-state index in [0.717, 1.165) is 16.9 Å². The lowest BCUT2D eigenvalue weighted by atomic mass is 10.1. The van der Waals surface area contributed by atoms with Gasteiger partial charge in [-0.3, -0.25) is 4.79 Å². The van der Waals surface area contributed by atoms with Gasteiger partial charge in [0.2, 0.25) is 0 Å². The first-order valence-corrected chi connectivity index (χ1v) is 7.25. The van der Waals surface area contributed by atoms with Crippen LogP contribution in [0.25, 0.3) is 0 Å². The molecule has 5 nitrogen and oxygen atoms in total. The number of carbonyl (C=O) groups is 1. The largest absolute Gasteiger partial charge is 0.497 e. The number of nitrogens with one attached hydrogen (secondary N) is 1. The highest BCUT2D eigenvalue weighted by molar-refractivity contribution is 5.99. The topological polar surface area (TPSA) is 59.9 Å². The highest BCUT2D eigenvalue weighted by Crippen LogP contribution is 2.12. The molecular formula is C18H20N2O3. The van der Waals surface area contributed by atoms with Gasteiger partial charge in [0.05, 0.1) is 12.8 Å². The van der Waals surface area contributed by atoms with Crippen LogP contribution in [-0.4, -0.2) is 25.3 Å². The number of hydrogen-bond donors (Lipinski definition) is 1. The number of hydrogen-bond acceptors (Lipinski definition) is 4. The molecule has 0 saturated carbocycles. The van der Waals surface area contributed by atoms with Gasteiger partial charge < -0.3 is 9.47 Å². The Bertz CT molecular complexity index is 694. The fraction of sp³-hybridized carbons (Fsp3) is 0.222. The molecule has 0 bridgehead atoms. The zero-order valence-electron chi connectivity index (χ0n) is 13.5. The molecule has 0 saturated heterocycles. The Morgan fingerprint density at radius 3 is 2.52 bits per heavy atom. The summed E-state index contributed by atoms with van der Waals surface area (Å²) in [5.74, 6) is 1.13. The number of ether oxygens (including phenoxy) is 2. The monoisotopic (exact) mass is 312 g/mol. The molecule has 23 heavy (non-hydrogen) atoms. The van der Waals surface area contributed by atoms with E-state index in [1.54, 1.807) is 7.11 Å². The van der Waals surface area contributed by atoms with Gasteiger partial charge in [0.1, 0.15) is 11.5 Å². The van der Waals surface area contributed by atoms with Crippen molar-refractivity contribution in [3.63, 3.8) is 0 Å². The van der Waals surface area contributed by atoms with Gasteiger partial charge in [-0.05, 0) is 61.4 Å². The van der Waals surface area contributed by atoms with E-state index in [2.05, 4.69) is 10.5 Å². The van der Waals surface area contributed by atoms with Crippen LogP contribution < -0.4 is 14.9 Å². The number of rotatable bonds is 6. The second kappa shape index (κ2) is 7.98. The van der Waals surface area contributed by atoms with E-state index in [1.165, 1.54) is 0 Å². The van der Waals surface area contributed by atoms with Crippen molar-refractivity contribution in [2.24, 2.45) is 5.10 Å². The Hall–Kier alpha value is -2.82. The number of benzene rings is 2. The van der Waals surface area contributed by atoms with Crippen LogP contribution in [0.1, 0.15) is 18.1 Å². The summed E-state index contributed by atoms with van der Waals surface area (Å²) in [6, 6.07) is 15.0. The summed E-state index contributed by atoms with van der Waals surface area (Å²) in [5.41, 5.74) is 5.18. The molecule has 0 aliphatic carbocycles. The average molecular weight is 312 g/mol. The molecular weight excluding hydrogens is 292 g/mol. The second-order valence-electron chi connectivity index (χ2n) is 5.07. The van der Waals surface area contributed by atoms with Crippen molar-refractivity contribution >= 4 is 11.6 Å². The van der Waals surface area contributed by atoms with E-state index >= 15 is 0 Å². The lowest BCUT2D eigenvalue weighted by molar-refractivity contribution is -0.123. The molecule has 0 atom stereocenters. The number of nitrogens with zero attached hydrogens (tertiary/aromatic N) is 1. The summed E-state index contributed by atoms with van der Waals surface area (Å²) in [6.45, 7) is 3.71. The maximum atomic E-state index is 11.8. The Morgan fingerprint density at radius 2 is 1.87 bits per heavy atom. The molecule has 1 N–H and O–H groups in total. The Balaban J connectivity index is 1.86. The maximum Gasteiger partial charge on any atom is 0.277 e. The molecule has 1 amide bonds. The van der Waals surface area contributed by atoms with Crippen molar-refractivity contribution < 1.29 is 14.3 Å². The lowest BCUT2D eigenvalue weighted by Gasteiger charge is -2.07.